The van der Waals surface area contributed by atoms with Crippen LogP contribution in [0.5, 0.6) is 5.75 Å². The van der Waals surface area contributed by atoms with Gasteiger partial charge in [-0.15, -0.1) is 0 Å². The van der Waals surface area contributed by atoms with E-state index in [0.717, 1.165) is 23.8 Å². The number of carbonyl (C=O) groups is 1. The first kappa shape index (κ1) is 25.0. The van der Waals surface area contributed by atoms with E-state index in [0.29, 0.717) is 23.2 Å². The summed E-state index contributed by atoms with van der Waals surface area (Å²) in [7, 11) is 0. The number of anilines is 1. The molecule has 4 nitrogen and oxygen atoms in total. The molecule has 0 fully saturated rings. The molecule has 0 bridgehead atoms. The first-order valence-electron chi connectivity index (χ1n) is 9.59. The first-order chi connectivity index (χ1) is 15.6. The highest BCUT2D eigenvalue weighted by atomic mass is 79.9. The molecule has 33 heavy (non-hydrogen) atoms. The zero-order valence-electron chi connectivity index (χ0n) is 16.9. The fourth-order valence-electron chi connectivity index (χ4n) is 2.85. The zero-order chi connectivity index (χ0) is 24.0. The molecule has 0 spiro atoms. The zero-order valence-corrected chi connectivity index (χ0v) is 20.0. The molecule has 0 aliphatic heterocycles. The van der Waals surface area contributed by atoms with Gasteiger partial charge in [-0.2, -0.15) is 13.2 Å². The third-order valence-corrected chi connectivity index (χ3v) is 5.47. The lowest BCUT2D eigenvalue weighted by molar-refractivity contribution is -0.137. The van der Waals surface area contributed by atoms with Crippen molar-refractivity contribution in [3.05, 3.63) is 92.9 Å². The number of alkyl halides is 3. The average Bonchev–Trinajstić information content (AvgIpc) is 2.76. The predicted molar refractivity (Wildman–Crippen MR) is 130 cm³/mol. The van der Waals surface area contributed by atoms with E-state index in [1.165, 1.54) is 0 Å². The molecule has 3 aromatic carbocycles. The van der Waals surface area contributed by atoms with E-state index in [1.54, 1.807) is 18.2 Å². The van der Waals surface area contributed by atoms with Crippen molar-refractivity contribution in [2.75, 3.05) is 11.9 Å². The van der Waals surface area contributed by atoms with Crippen LogP contribution >= 0.6 is 39.7 Å². The molecule has 0 saturated heterocycles. The van der Waals surface area contributed by atoms with Gasteiger partial charge in [0.15, 0.2) is 5.11 Å². The maximum absolute atomic E-state index is 13.0. The molecule has 0 aromatic heterocycles. The number of thiocarbonyl (C=S) groups is 1. The third kappa shape index (κ3) is 7.18. The van der Waals surface area contributed by atoms with Gasteiger partial charge in [-0.1, -0.05) is 57.9 Å². The van der Waals surface area contributed by atoms with Crippen LogP contribution in [0.3, 0.4) is 0 Å². The van der Waals surface area contributed by atoms with E-state index in [4.69, 9.17) is 28.6 Å². The second-order valence-corrected chi connectivity index (χ2v) is 8.56. The molecule has 0 radical (unpaired) electrons. The number of halogens is 5. The maximum Gasteiger partial charge on any atom is 0.416 e. The third-order valence-electron chi connectivity index (χ3n) is 4.45. The first-order valence-corrected chi connectivity index (χ1v) is 11.2. The quantitative estimate of drug-likeness (QED) is 0.325. The van der Waals surface area contributed by atoms with Crippen molar-refractivity contribution in [2.24, 2.45) is 0 Å². The topological polar surface area (TPSA) is 50.4 Å². The Bertz CT molecular complexity index is 1160. The van der Waals surface area contributed by atoms with Crippen LogP contribution in [0.25, 0.3) is 0 Å². The Morgan fingerprint density at radius 1 is 1.06 bits per heavy atom. The number of nitrogens with one attached hydrogen (secondary N) is 2. The lowest BCUT2D eigenvalue weighted by Gasteiger charge is -2.15. The van der Waals surface area contributed by atoms with Crippen molar-refractivity contribution < 1.29 is 22.7 Å². The van der Waals surface area contributed by atoms with Gasteiger partial charge in [-0.05, 0) is 54.2 Å². The molecule has 10 heteroatoms. The Morgan fingerprint density at radius 3 is 2.48 bits per heavy atom. The van der Waals surface area contributed by atoms with Gasteiger partial charge >= 0.3 is 6.18 Å². The number of hydrogen-bond donors (Lipinski definition) is 2. The van der Waals surface area contributed by atoms with Crippen LogP contribution < -0.4 is 15.4 Å². The highest BCUT2D eigenvalue weighted by molar-refractivity contribution is 9.10. The second-order valence-electron chi connectivity index (χ2n) is 6.83. The fourth-order valence-corrected chi connectivity index (χ4v) is 3.58. The van der Waals surface area contributed by atoms with Crippen LogP contribution in [0.4, 0.5) is 18.9 Å². The summed E-state index contributed by atoms with van der Waals surface area (Å²) >= 11 is 14.4. The Morgan fingerprint density at radius 2 is 1.79 bits per heavy atom. The van der Waals surface area contributed by atoms with Gasteiger partial charge < -0.3 is 10.1 Å². The molecule has 0 unspecified atom stereocenters. The number of hydrogen-bond acceptors (Lipinski definition) is 3. The largest absolute Gasteiger partial charge is 0.492 e. The maximum atomic E-state index is 13.0. The summed E-state index contributed by atoms with van der Waals surface area (Å²) in [6.07, 6.45) is -3.90. The molecule has 2 N–H and O–H groups in total. The van der Waals surface area contributed by atoms with Crippen molar-refractivity contribution in [2.45, 2.75) is 12.6 Å². The number of rotatable bonds is 6. The summed E-state index contributed by atoms with van der Waals surface area (Å²) in [6, 6.07) is 17.4. The van der Waals surface area contributed by atoms with E-state index in [-0.39, 0.29) is 21.4 Å². The summed E-state index contributed by atoms with van der Waals surface area (Å²) in [6.45, 7) is 0.342. The van der Waals surface area contributed by atoms with Gasteiger partial charge in [0.2, 0.25) is 0 Å². The molecule has 3 aromatic rings. The molecule has 172 valence electrons. The standard InChI is InChI=1S/C23H17BrClF3N2O2S/c24-16-7-9-20(32-11-10-14-4-2-1-3-5-14)17(13-16)21(31)30-22(33)29-19-12-15(23(26,27)28)6-8-18(19)25/h1-9,12-13H,10-11H2,(H2,29,30,31,33). The van der Waals surface area contributed by atoms with E-state index in [9.17, 15) is 18.0 Å². The SMILES string of the molecule is O=C(NC(=S)Nc1cc(C(F)(F)F)ccc1Cl)c1cc(Br)ccc1OCCc1ccccc1. The Hall–Kier alpha value is -2.62. The minimum atomic E-state index is -4.55. The number of ether oxygens (including phenoxy) is 1. The van der Waals surface area contributed by atoms with Gasteiger partial charge in [-0.3, -0.25) is 10.1 Å². The van der Waals surface area contributed by atoms with Crippen LogP contribution in [-0.4, -0.2) is 17.6 Å². The summed E-state index contributed by atoms with van der Waals surface area (Å²) in [4.78, 5) is 12.8. The van der Waals surface area contributed by atoms with Crippen LogP contribution in [0.1, 0.15) is 21.5 Å². The van der Waals surface area contributed by atoms with E-state index in [2.05, 4.69) is 26.6 Å². The Kier molecular flexibility index (Phi) is 8.34. The molecule has 0 heterocycles. The van der Waals surface area contributed by atoms with Gasteiger partial charge in [0, 0.05) is 10.9 Å². The van der Waals surface area contributed by atoms with Crippen LogP contribution in [0.15, 0.2) is 71.2 Å². The molecular formula is C23H17BrClF3N2O2S. The lowest BCUT2D eigenvalue weighted by atomic mass is 10.1. The van der Waals surface area contributed by atoms with Crippen molar-refractivity contribution in [1.82, 2.24) is 5.32 Å². The number of carbonyl (C=O) groups excluding carboxylic acids is 1. The van der Waals surface area contributed by atoms with Gasteiger partial charge in [0.1, 0.15) is 5.75 Å². The highest BCUT2D eigenvalue weighted by Gasteiger charge is 2.31. The van der Waals surface area contributed by atoms with Crippen LogP contribution in [-0.2, 0) is 12.6 Å². The minimum absolute atomic E-state index is 0.0204. The van der Waals surface area contributed by atoms with Crippen LogP contribution in [0, 0.1) is 0 Å². The molecule has 0 atom stereocenters. The molecule has 1 amide bonds. The predicted octanol–water partition coefficient (Wildman–Crippen LogP) is 6.87. The Balaban J connectivity index is 1.68. The molecule has 0 saturated carbocycles. The normalized spacial score (nSPS) is 11.1. The number of benzene rings is 3. The molecular weight excluding hydrogens is 541 g/mol. The van der Waals surface area contributed by atoms with E-state index < -0.39 is 17.6 Å². The lowest BCUT2D eigenvalue weighted by Crippen LogP contribution is -2.34. The average molecular weight is 558 g/mol. The minimum Gasteiger partial charge on any atom is -0.492 e. The smallest absolute Gasteiger partial charge is 0.416 e. The van der Waals surface area contributed by atoms with Crippen molar-refractivity contribution in [1.29, 1.82) is 0 Å². The van der Waals surface area contributed by atoms with Crippen molar-refractivity contribution in [3.8, 4) is 5.75 Å². The van der Waals surface area contributed by atoms with Crippen molar-refractivity contribution >= 4 is 56.5 Å². The fraction of sp³-hybridized carbons (Fsp3) is 0.130. The number of amides is 1. The molecule has 0 aliphatic carbocycles. The van der Waals surface area contributed by atoms with E-state index in [1.807, 2.05) is 30.3 Å². The monoisotopic (exact) mass is 556 g/mol. The molecule has 3 rings (SSSR count). The summed E-state index contributed by atoms with van der Waals surface area (Å²) in [5.41, 5.74) is 0.315. The van der Waals surface area contributed by atoms with Gasteiger partial charge in [0.25, 0.3) is 5.91 Å². The highest BCUT2D eigenvalue weighted by Crippen LogP contribution is 2.33. The Labute approximate surface area is 207 Å². The van der Waals surface area contributed by atoms with Crippen LogP contribution in [0.2, 0.25) is 5.02 Å². The summed E-state index contributed by atoms with van der Waals surface area (Å²) < 4.78 is 45.3. The summed E-state index contributed by atoms with van der Waals surface area (Å²) in [5, 5.41) is 4.79. The van der Waals surface area contributed by atoms with E-state index >= 15 is 0 Å². The second kappa shape index (κ2) is 11.0. The molecule has 0 aliphatic rings. The summed E-state index contributed by atoms with van der Waals surface area (Å²) in [5.74, 6) is -0.252. The van der Waals surface area contributed by atoms with Crippen molar-refractivity contribution in [3.63, 3.8) is 0 Å². The van der Waals surface area contributed by atoms with Gasteiger partial charge in [-0.25, -0.2) is 0 Å². The van der Waals surface area contributed by atoms with Gasteiger partial charge in [0.05, 0.1) is 28.4 Å².